The lowest BCUT2D eigenvalue weighted by atomic mass is 10.3. The van der Waals surface area contributed by atoms with Gasteiger partial charge in [-0.05, 0) is 50.3 Å². The summed E-state index contributed by atoms with van der Waals surface area (Å²) < 4.78 is 6.65. The maximum atomic E-state index is 13.2. The number of anilines is 1. The minimum atomic E-state index is 0.0834. The fraction of sp³-hybridized carbons (Fsp3) is 0.391. The molecule has 7 heteroatoms. The number of aromatic nitrogens is 1. The fourth-order valence-electron chi connectivity index (χ4n) is 3.11. The summed E-state index contributed by atoms with van der Waals surface area (Å²) in [5.74, 6) is 1.31. The maximum absolute atomic E-state index is 13.2. The topological polar surface area (TPSA) is 45.7 Å². The molecule has 2 aromatic carbocycles. The third kappa shape index (κ3) is 5.97. The average molecular weight is 444 g/mol. The van der Waals surface area contributed by atoms with E-state index in [2.05, 4.69) is 18.7 Å². The van der Waals surface area contributed by atoms with Gasteiger partial charge in [-0.25, -0.2) is 4.98 Å². The number of hydrogen-bond donors (Lipinski definition) is 0. The molecule has 0 aliphatic carbocycles. The summed E-state index contributed by atoms with van der Waals surface area (Å²) in [6.45, 7) is 10.3. The molecule has 30 heavy (non-hydrogen) atoms. The molecule has 160 valence electrons. The average Bonchev–Trinajstić information content (AvgIpc) is 3.19. The molecule has 0 unspecified atom stereocenters. The van der Waals surface area contributed by atoms with Gasteiger partial charge in [-0.2, -0.15) is 0 Å². The van der Waals surface area contributed by atoms with Crippen LogP contribution in [0, 0.1) is 0 Å². The van der Waals surface area contributed by atoms with Crippen LogP contribution in [0.1, 0.15) is 20.8 Å². The summed E-state index contributed by atoms with van der Waals surface area (Å²) >= 11 is 3.11. The number of rotatable bonds is 11. The Morgan fingerprint density at radius 2 is 1.83 bits per heavy atom. The van der Waals surface area contributed by atoms with E-state index in [1.807, 2.05) is 60.4 Å². The first kappa shape index (κ1) is 22.6. The molecule has 0 saturated carbocycles. The lowest BCUT2D eigenvalue weighted by Gasteiger charge is -2.24. The number of fused-ring (bicyclic) bond motifs is 1. The smallest absolute Gasteiger partial charge is 0.239 e. The normalized spacial score (nSPS) is 11.2. The largest absolute Gasteiger partial charge is 0.494 e. The van der Waals surface area contributed by atoms with Crippen molar-refractivity contribution in [1.29, 1.82) is 0 Å². The number of ether oxygens (including phenoxy) is 1. The highest BCUT2D eigenvalue weighted by atomic mass is 32.2. The van der Waals surface area contributed by atoms with Gasteiger partial charge in [-0.1, -0.05) is 43.4 Å². The molecule has 1 amide bonds. The molecule has 3 rings (SSSR count). The van der Waals surface area contributed by atoms with Crippen LogP contribution >= 0.6 is 23.1 Å². The number of thiazole rings is 1. The molecule has 3 aromatic rings. The first-order valence-corrected chi connectivity index (χ1v) is 12.2. The van der Waals surface area contributed by atoms with Crippen LogP contribution in [-0.4, -0.2) is 54.3 Å². The van der Waals surface area contributed by atoms with E-state index >= 15 is 0 Å². The van der Waals surface area contributed by atoms with Crippen molar-refractivity contribution in [2.75, 3.05) is 43.4 Å². The van der Waals surface area contributed by atoms with Gasteiger partial charge in [0, 0.05) is 18.0 Å². The zero-order valence-corrected chi connectivity index (χ0v) is 19.5. The highest BCUT2D eigenvalue weighted by molar-refractivity contribution is 8.00. The van der Waals surface area contributed by atoms with E-state index in [1.165, 1.54) is 0 Å². The van der Waals surface area contributed by atoms with Crippen molar-refractivity contribution in [3.8, 4) is 5.75 Å². The van der Waals surface area contributed by atoms with Crippen LogP contribution < -0.4 is 9.64 Å². The monoisotopic (exact) mass is 443 g/mol. The first-order valence-electron chi connectivity index (χ1n) is 10.4. The van der Waals surface area contributed by atoms with Gasteiger partial charge >= 0.3 is 0 Å². The van der Waals surface area contributed by atoms with Crippen LogP contribution in [0.4, 0.5) is 5.13 Å². The van der Waals surface area contributed by atoms with E-state index in [-0.39, 0.29) is 5.91 Å². The molecule has 1 heterocycles. The summed E-state index contributed by atoms with van der Waals surface area (Å²) in [5, 5.41) is 0.754. The zero-order valence-electron chi connectivity index (χ0n) is 17.8. The Kier molecular flexibility index (Phi) is 8.54. The van der Waals surface area contributed by atoms with Crippen LogP contribution in [0.3, 0.4) is 0 Å². The number of benzene rings is 2. The highest BCUT2D eigenvalue weighted by Gasteiger charge is 2.21. The van der Waals surface area contributed by atoms with Crippen molar-refractivity contribution in [3.63, 3.8) is 0 Å². The van der Waals surface area contributed by atoms with Gasteiger partial charge in [0.1, 0.15) is 5.75 Å². The van der Waals surface area contributed by atoms with Crippen molar-refractivity contribution in [1.82, 2.24) is 9.88 Å². The van der Waals surface area contributed by atoms with Gasteiger partial charge in [0.15, 0.2) is 5.13 Å². The van der Waals surface area contributed by atoms with E-state index in [1.54, 1.807) is 23.1 Å². The summed E-state index contributed by atoms with van der Waals surface area (Å²) in [6, 6.07) is 15.9. The van der Waals surface area contributed by atoms with Crippen molar-refractivity contribution in [2.45, 2.75) is 25.7 Å². The Balaban J connectivity index is 1.80. The molecule has 0 fully saturated rings. The van der Waals surface area contributed by atoms with Gasteiger partial charge in [-0.3, -0.25) is 9.69 Å². The Labute approximate surface area is 187 Å². The van der Waals surface area contributed by atoms with E-state index in [4.69, 9.17) is 9.72 Å². The molecule has 0 saturated heterocycles. The van der Waals surface area contributed by atoms with Gasteiger partial charge in [-0.15, -0.1) is 11.8 Å². The molecule has 0 spiro atoms. The lowest BCUT2D eigenvalue weighted by molar-refractivity contribution is -0.116. The van der Waals surface area contributed by atoms with E-state index in [0.29, 0.717) is 18.9 Å². The standard InChI is InChI=1S/C23H29N3O2S2/c1-4-25(5-2)14-15-26(22(27)17-29-19-10-8-7-9-11-19)23-24-20-13-12-18(28-6-3)16-21(20)30-23/h7-13,16H,4-6,14-15,17H2,1-3H3. The second-order valence-corrected chi connectivity index (χ2v) is 8.79. The number of hydrogen-bond acceptors (Lipinski definition) is 6. The molecule has 0 atom stereocenters. The molecule has 0 radical (unpaired) electrons. The Morgan fingerprint density at radius 3 is 2.53 bits per heavy atom. The second kappa shape index (κ2) is 11.3. The zero-order chi connectivity index (χ0) is 21.3. The van der Waals surface area contributed by atoms with Crippen molar-refractivity contribution >= 4 is 44.4 Å². The lowest BCUT2D eigenvalue weighted by Crippen LogP contribution is -2.39. The van der Waals surface area contributed by atoms with Gasteiger partial charge in [0.25, 0.3) is 0 Å². The maximum Gasteiger partial charge on any atom is 0.239 e. The van der Waals surface area contributed by atoms with Gasteiger partial charge < -0.3 is 9.64 Å². The number of carbonyl (C=O) groups excluding carboxylic acids is 1. The van der Waals surface area contributed by atoms with E-state index in [0.717, 1.165) is 45.6 Å². The third-order valence-electron chi connectivity index (χ3n) is 4.83. The van der Waals surface area contributed by atoms with Crippen molar-refractivity contribution in [2.24, 2.45) is 0 Å². The number of carbonyl (C=O) groups is 1. The summed E-state index contributed by atoms with van der Waals surface area (Å²) in [4.78, 5) is 23.2. The minimum absolute atomic E-state index is 0.0834. The van der Waals surface area contributed by atoms with Crippen LogP contribution in [-0.2, 0) is 4.79 Å². The SMILES string of the molecule is CCOc1ccc2nc(N(CCN(CC)CC)C(=O)CSc3ccccc3)sc2c1. The molecule has 1 aromatic heterocycles. The Hall–Kier alpha value is -2.09. The molecular formula is C23H29N3O2S2. The third-order valence-corrected chi connectivity index (χ3v) is 6.87. The second-order valence-electron chi connectivity index (χ2n) is 6.73. The Morgan fingerprint density at radius 1 is 1.07 bits per heavy atom. The predicted octanol–water partition coefficient (Wildman–Crippen LogP) is 5.16. The molecule has 0 aliphatic rings. The predicted molar refractivity (Wildman–Crippen MR) is 128 cm³/mol. The van der Waals surface area contributed by atoms with Gasteiger partial charge in [0.2, 0.25) is 5.91 Å². The summed E-state index contributed by atoms with van der Waals surface area (Å²) in [6.07, 6.45) is 0. The van der Waals surface area contributed by atoms with Crippen LogP contribution in [0.2, 0.25) is 0 Å². The van der Waals surface area contributed by atoms with E-state index < -0.39 is 0 Å². The Bertz CT molecular complexity index is 942. The first-order chi connectivity index (χ1) is 14.6. The molecule has 0 N–H and O–H groups in total. The summed E-state index contributed by atoms with van der Waals surface area (Å²) in [5.41, 5.74) is 0.898. The van der Waals surface area contributed by atoms with Crippen molar-refractivity contribution in [3.05, 3.63) is 48.5 Å². The summed E-state index contributed by atoms with van der Waals surface area (Å²) in [7, 11) is 0. The van der Waals surface area contributed by atoms with Crippen LogP contribution in [0.15, 0.2) is 53.4 Å². The number of thioether (sulfide) groups is 1. The van der Waals surface area contributed by atoms with Crippen molar-refractivity contribution < 1.29 is 9.53 Å². The molecule has 0 bridgehead atoms. The molecule has 0 aliphatic heterocycles. The van der Waals surface area contributed by atoms with E-state index in [9.17, 15) is 4.79 Å². The van der Waals surface area contributed by atoms with Crippen LogP contribution in [0.25, 0.3) is 10.2 Å². The number of amides is 1. The number of nitrogens with zero attached hydrogens (tertiary/aromatic N) is 3. The van der Waals surface area contributed by atoms with Crippen LogP contribution in [0.5, 0.6) is 5.75 Å². The fourth-order valence-corrected chi connectivity index (χ4v) is 4.95. The highest BCUT2D eigenvalue weighted by Crippen LogP contribution is 2.32. The minimum Gasteiger partial charge on any atom is -0.494 e. The molecule has 5 nitrogen and oxygen atoms in total. The quantitative estimate of drug-likeness (QED) is 0.383. The molecular weight excluding hydrogens is 414 g/mol. The number of likely N-dealkylation sites (N-methyl/N-ethyl adjacent to an activating group) is 1. The van der Waals surface area contributed by atoms with Gasteiger partial charge in [0.05, 0.1) is 22.6 Å².